The lowest BCUT2D eigenvalue weighted by atomic mass is 10.2. The van der Waals surface area contributed by atoms with E-state index in [1.165, 1.54) is 16.8 Å². The molecule has 2 N–H and O–H groups in total. The van der Waals surface area contributed by atoms with Gasteiger partial charge in [-0.05, 0) is 29.2 Å². The first-order chi connectivity index (χ1) is 14.7. The summed E-state index contributed by atoms with van der Waals surface area (Å²) >= 11 is 0. The molecular weight excluding hydrogens is 503 g/mol. The summed E-state index contributed by atoms with van der Waals surface area (Å²) in [5, 5.41) is 6.77. The molecule has 0 aliphatic carbocycles. The average molecular weight is 538 g/mol. The number of nitrogens with one attached hydrogen (secondary N) is 2. The fourth-order valence-corrected chi connectivity index (χ4v) is 3.33. The Morgan fingerprint density at radius 2 is 1.74 bits per heavy atom. The molecule has 0 radical (unpaired) electrons. The van der Waals surface area contributed by atoms with Gasteiger partial charge in [-0.25, -0.2) is 0 Å². The van der Waals surface area contributed by atoms with E-state index in [1.54, 1.807) is 7.05 Å². The third kappa shape index (κ3) is 9.04. The van der Waals surface area contributed by atoms with Gasteiger partial charge < -0.3 is 25.0 Å². The van der Waals surface area contributed by atoms with E-state index in [0.717, 1.165) is 45.4 Å². The van der Waals surface area contributed by atoms with Crippen molar-refractivity contribution in [3.05, 3.63) is 65.7 Å². The summed E-state index contributed by atoms with van der Waals surface area (Å²) in [6, 6.07) is 19.0. The molecule has 2 aromatic rings. The molecule has 1 saturated heterocycles. The van der Waals surface area contributed by atoms with Crippen molar-refractivity contribution in [3.8, 4) is 0 Å². The molecule has 0 spiro atoms. The minimum atomic E-state index is 0. The van der Waals surface area contributed by atoms with E-state index >= 15 is 0 Å². The first-order valence-electron chi connectivity index (χ1n) is 10.7. The summed E-state index contributed by atoms with van der Waals surface area (Å²) < 4.78 is 11.2. The van der Waals surface area contributed by atoms with E-state index in [4.69, 9.17) is 9.47 Å². The molecule has 0 bridgehead atoms. The molecule has 2 aromatic carbocycles. The highest BCUT2D eigenvalue weighted by molar-refractivity contribution is 14.0. The summed E-state index contributed by atoms with van der Waals surface area (Å²) in [7, 11) is 1.80. The molecule has 1 aliphatic heterocycles. The number of hydrogen-bond acceptors (Lipinski definition) is 4. The summed E-state index contributed by atoms with van der Waals surface area (Å²) in [5.74, 6) is 1.20. The SMILES string of the molecule is CN=C(NCc1ccc(N2CCOCC2)cc1)NCC(C)COCc1ccccc1.I. The standard InChI is InChI=1S/C24H34N4O2.HI/c1-20(18-30-19-22-6-4-3-5-7-22)16-26-24(25-2)27-17-21-8-10-23(11-9-21)28-12-14-29-15-13-28;/h3-11,20H,12-19H2,1-2H3,(H2,25,26,27);1H. The van der Waals surface area contributed by atoms with Gasteiger partial charge in [0.1, 0.15) is 0 Å². The van der Waals surface area contributed by atoms with E-state index in [-0.39, 0.29) is 24.0 Å². The Morgan fingerprint density at radius 1 is 1.03 bits per heavy atom. The maximum atomic E-state index is 5.83. The molecule has 0 aromatic heterocycles. The number of hydrogen-bond donors (Lipinski definition) is 2. The van der Waals surface area contributed by atoms with Gasteiger partial charge in [-0.2, -0.15) is 0 Å². The van der Waals surface area contributed by atoms with E-state index in [0.29, 0.717) is 19.1 Å². The normalized spacial score (nSPS) is 15.2. The average Bonchev–Trinajstić information content (AvgIpc) is 2.81. The van der Waals surface area contributed by atoms with Gasteiger partial charge in [0.15, 0.2) is 5.96 Å². The molecule has 170 valence electrons. The Balaban J connectivity index is 0.00000341. The van der Waals surface area contributed by atoms with E-state index in [1.807, 2.05) is 18.2 Å². The van der Waals surface area contributed by atoms with Crippen molar-refractivity contribution >= 4 is 35.6 Å². The van der Waals surface area contributed by atoms with Crippen LogP contribution in [0.4, 0.5) is 5.69 Å². The second kappa shape index (κ2) is 14.3. The van der Waals surface area contributed by atoms with Crippen LogP contribution in [0.2, 0.25) is 0 Å². The maximum Gasteiger partial charge on any atom is 0.191 e. The van der Waals surface area contributed by atoms with E-state index in [2.05, 4.69) is 63.8 Å². The van der Waals surface area contributed by atoms with E-state index in [9.17, 15) is 0 Å². The van der Waals surface area contributed by atoms with E-state index < -0.39 is 0 Å². The Labute approximate surface area is 203 Å². The molecule has 1 aliphatic rings. The number of anilines is 1. The lowest BCUT2D eigenvalue weighted by molar-refractivity contribution is 0.0931. The molecule has 1 unspecified atom stereocenters. The molecule has 1 atom stereocenters. The van der Waals surface area contributed by atoms with Crippen LogP contribution in [-0.4, -0.2) is 52.5 Å². The van der Waals surface area contributed by atoms with Crippen LogP contribution in [0.5, 0.6) is 0 Å². The van der Waals surface area contributed by atoms with Crippen LogP contribution >= 0.6 is 24.0 Å². The van der Waals surface area contributed by atoms with Gasteiger partial charge in [0.05, 0.1) is 26.4 Å². The Kier molecular flexibility index (Phi) is 11.7. The molecule has 0 saturated carbocycles. The lowest BCUT2D eigenvalue weighted by Crippen LogP contribution is -2.39. The van der Waals surface area contributed by atoms with Gasteiger partial charge in [0.25, 0.3) is 0 Å². The Hall–Kier alpha value is -1.84. The summed E-state index contributed by atoms with van der Waals surface area (Å²) in [6.07, 6.45) is 0. The quantitative estimate of drug-likeness (QED) is 0.290. The van der Waals surface area contributed by atoms with Crippen molar-refractivity contribution in [2.45, 2.75) is 20.1 Å². The summed E-state index contributed by atoms with van der Waals surface area (Å²) in [5.41, 5.74) is 3.69. The summed E-state index contributed by atoms with van der Waals surface area (Å²) in [4.78, 5) is 6.69. The lowest BCUT2D eigenvalue weighted by Gasteiger charge is -2.29. The number of halogens is 1. The molecule has 1 fully saturated rings. The Bertz CT molecular complexity index is 765. The first-order valence-corrected chi connectivity index (χ1v) is 10.7. The zero-order valence-corrected chi connectivity index (χ0v) is 20.9. The van der Waals surface area contributed by atoms with Gasteiger partial charge >= 0.3 is 0 Å². The second-order valence-electron chi connectivity index (χ2n) is 7.68. The number of aliphatic imine (C=N–C) groups is 1. The maximum absolute atomic E-state index is 5.83. The number of nitrogens with zero attached hydrogens (tertiary/aromatic N) is 2. The molecule has 6 nitrogen and oxygen atoms in total. The van der Waals surface area contributed by atoms with Crippen LogP contribution < -0.4 is 15.5 Å². The van der Waals surface area contributed by atoms with Crippen molar-refractivity contribution in [1.82, 2.24) is 10.6 Å². The fraction of sp³-hybridized carbons (Fsp3) is 0.458. The van der Waals surface area contributed by atoms with Crippen molar-refractivity contribution < 1.29 is 9.47 Å². The number of ether oxygens (including phenoxy) is 2. The highest BCUT2D eigenvalue weighted by atomic mass is 127. The minimum Gasteiger partial charge on any atom is -0.378 e. The van der Waals surface area contributed by atoms with Crippen LogP contribution in [0.15, 0.2) is 59.6 Å². The molecule has 3 rings (SSSR count). The zero-order chi connectivity index (χ0) is 21.0. The monoisotopic (exact) mass is 538 g/mol. The van der Waals surface area contributed by atoms with Crippen LogP contribution in [0.3, 0.4) is 0 Å². The third-order valence-electron chi connectivity index (χ3n) is 5.13. The van der Waals surface area contributed by atoms with Crippen LogP contribution in [0.1, 0.15) is 18.1 Å². The fourth-order valence-electron chi connectivity index (χ4n) is 3.33. The Morgan fingerprint density at radius 3 is 2.42 bits per heavy atom. The number of guanidine groups is 1. The number of morpholine rings is 1. The highest BCUT2D eigenvalue weighted by Crippen LogP contribution is 2.16. The second-order valence-corrected chi connectivity index (χ2v) is 7.68. The molecule has 7 heteroatoms. The van der Waals surface area contributed by atoms with Crippen molar-refractivity contribution in [1.29, 1.82) is 0 Å². The van der Waals surface area contributed by atoms with Gasteiger partial charge in [-0.15, -0.1) is 24.0 Å². The van der Waals surface area contributed by atoms with Gasteiger partial charge in [0.2, 0.25) is 0 Å². The molecule has 31 heavy (non-hydrogen) atoms. The predicted molar refractivity (Wildman–Crippen MR) is 138 cm³/mol. The van der Waals surface area contributed by atoms with Crippen molar-refractivity contribution in [2.75, 3.05) is 51.4 Å². The summed E-state index contributed by atoms with van der Waals surface area (Å²) in [6.45, 7) is 8.62. The smallest absolute Gasteiger partial charge is 0.191 e. The molecule has 0 amide bonds. The zero-order valence-electron chi connectivity index (χ0n) is 18.5. The number of rotatable bonds is 9. The van der Waals surface area contributed by atoms with Crippen LogP contribution in [-0.2, 0) is 22.6 Å². The molecular formula is C24H35IN4O2. The van der Waals surface area contributed by atoms with Crippen molar-refractivity contribution in [2.24, 2.45) is 10.9 Å². The largest absolute Gasteiger partial charge is 0.378 e. The number of benzene rings is 2. The van der Waals surface area contributed by atoms with Gasteiger partial charge in [0, 0.05) is 38.9 Å². The first kappa shape index (κ1) is 25.4. The predicted octanol–water partition coefficient (Wildman–Crippen LogP) is 3.66. The molecule has 1 heterocycles. The van der Waals surface area contributed by atoms with Gasteiger partial charge in [-0.1, -0.05) is 49.4 Å². The highest BCUT2D eigenvalue weighted by Gasteiger charge is 2.11. The van der Waals surface area contributed by atoms with Crippen LogP contribution in [0, 0.1) is 5.92 Å². The minimum absolute atomic E-state index is 0. The third-order valence-corrected chi connectivity index (χ3v) is 5.13. The van der Waals surface area contributed by atoms with Gasteiger partial charge in [-0.3, -0.25) is 4.99 Å². The van der Waals surface area contributed by atoms with Crippen molar-refractivity contribution in [3.63, 3.8) is 0 Å². The van der Waals surface area contributed by atoms with Crippen LogP contribution in [0.25, 0.3) is 0 Å². The topological polar surface area (TPSA) is 58.1 Å².